The predicted octanol–water partition coefficient (Wildman–Crippen LogP) is 5.05. The average molecular weight is 421 g/mol. The van der Waals surface area contributed by atoms with Gasteiger partial charge in [0, 0.05) is 18.3 Å². The SMILES string of the molecule is CC(C)COC(=O)[C@@H]1C=C2CC(=O)C=CC2(C)C2=C1C1=CC[C@@]3(C)CCC(=O)[C@@]13CC2. The summed E-state index contributed by atoms with van der Waals surface area (Å²) in [5.74, 6) is -0.117. The number of rotatable bonds is 3. The first-order valence-corrected chi connectivity index (χ1v) is 11.7. The molecule has 4 nitrogen and oxygen atoms in total. The molecule has 0 radical (unpaired) electrons. The Hall–Kier alpha value is -2.23. The molecular formula is C27H32O4. The van der Waals surface area contributed by atoms with Crippen LogP contribution in [0.25, 0.3) is 0 Å². The van der Waals surface area contributed by atoms with Gasteiger partial charge < -0.3 is 4.74 Å². The first kappa shape index (κ1) is 20.7. The fourth-order valence-electron chi connectivity index (χ4n) is 6.96. The fraction of sp³-hybridized carbons (Fsp3) is 0.593. The molecule has 0 amide bonds. The number of carbonyl (C=O) groups is 3. The van der Waals surface area contributed by atoms with E-state index in [0.717, 1.165) is 42.4 Å². The van der Waals surface area contributed by atoms with Gasteiger partial charge in [0.25, 0.3) is 0 Å². The van der Waals surface area contributed by atoms with E-state index in [2.05, 4.69) is 19.9 Å². The van der Waals surface area contributed by atoms with Crippen molar-refractivity contribution in [1.82, 2.24) is 0 Å². The molecule has 0 heterocycles. The van der Waals surface area contributed by atoms with Gasteiger partial charge in [0.15, 0.2) is 5.78 Å². The predicted molar refractivity (Wildman–Crippen MR) is 118 cm³/mol. The van der Waals surface area contributed by atoms with E-state index < -0.39 is 11.3 Å². The standard InChI is InChI=1S/C27H32O4/c1-16(2)15-31-24(30)19-14-17-13-18(28)5-11-26(17,4)20-7-12-27-21(23(19)20)6-9-25(27,3)10-8-22(27)29/h5-6,11,14,16,19H,7-10,12-13,15H2,1-4H3/t19-,25+,26?,27-/m1/s1. The molecule has 5 rings (SSSR count). The first-order chi connectivity index (χ1) is 14.6. The lowest BCUT2D eigenvalue weighted by Crippen LogP contribution is -2.45. The van der Waals surface area contributed by atoms with E-state index in [1.807, 2.05) is 26.0 Å². The van der Waals surface area contributed by atoms with Crippen LogP contribution in [-0.4, -0.2) is 24.1 Å². The molecular weight excluding hydrogens is 388 g/mol. The largest absolute Gasteiger partial charge is 0.465 e. The molecule has 5 aliphatic rings. The van der Waals surface area contributed by atoms with Crippen molar-refractivity contribution in [2.75, 3.05) is 6.61 Å². The number of fused-ring (bicyclic) bond motifs is 3. The van der Waals surface area contributed by atoms with E-state index in [1.165, 1.54) is 5.57 Å². The molecule has 164 valence electrons. The van der Waals surface area contributed by atoms with Crippen molar-refractivity contribution in [1.29, 1.82) is 0 Å². The third-order valence-corrected chi connectivity index (χ3v) is 8.74. The Labute approximate surface area is 184 Å². The minimum atomic E-state index is -0.532. The zero-order valence-corrected chi connectivity index (χ0v) is 19.0. The summed E-state index contributed by atoms with van der Waals surface area (Å²) < 4.78 is 5.71. The van der Waals surface area contributed by atoms with E-state index in [9.17, 15) is 14.4 Å². The summed E-state index contributed by atoms with van der Waals surface area (Å²) >= 11 is 0. The second kappa shape index (κ2) is 6.63. The van der Waals surface area contributed by atoms with Crippen LogP contribution in [-0.2, 0) is 19.1 Å². The highest BCUT2D eigenvalue weighted by Crippen LogP contribution is 2.69. The van der Waals surface area contributed by atoms with Crippen molar-refractivity contribution in [2.24, 2.45) is 28.1 Å². The number of hydrogen-bond acceptors (Lipinski definition) is 4. The minimum absolute atomic E-state index is 0.0480. The maximum absolute atomic E-state index is 13.3. The van der Waals surface area contributed by atoms with Gasteiger partial charge in [0.1, 0.15) is 11.7 Å². The lowest BCUT2D eigenvalue weighted by Gasteiger charge is -2.50. The number of allylic oxidation sites excluding steroid dienone is 6. The number of carbonyl (C=O) groups excluding carboxylic acids is 3. The first-order valence-electron chi connectivity index (χ1n) is 11.7. The molecule has 0 N–H and O–H groups in total. The van der Waals surface area contributed by atoms with Crippen molar-refractivity contribution < 1.29 is 19.1 Å². The second-order valence-corrected chi connectivity index (χ2v) is 11.0. The summed E-state index contributed by atoms with van der Waals surface area (Å²) in [7, 11) is 0. The Morgan fingerprint density at radius 1 is 1.19 bits per heavy atom. The molecule has 31 heavy (non-hydrogen) atoms. The maximum Gasteiger partial charge on any atom is 0.317 e. The summed E-state index contributed by atoms with van der Waals surface area (Å²) in [4.78, 5) is 38.9. The van der Waals surface area contributed by atoms with Crippen molar-refractivity contribution in [3.8, 4) is 0 Å². The third-order valence-electron chi connectivity index (χ3n) is 8.74. The maximum atomic E-state index is 13.3. The van der Waals surface area contributed by atoms with Crippen LogP contribution in [0.15, 0.2) is 46.6 Å². The number of ether oxygens (including phenoxy) is 1. The van der Waals surface area contributed by atoms with Gasteiger partial charge in [-0.25, -0.2) is 0 Å². The Bertz CT molecular complexity index is 1020. The molecule has 0 aromatic heterocycles. The van der Waals surface area contributed by atoms with Gasteiger partial charge in [-0.3, -0.25) is 14.4 Å². The van der Waals surface area contributed by atoms with Gasteiger partial charge >= 0.3 is 5.97 Å². The van der Waals surface area contributed by atoms with Crippen molar-refractivity contribution in [3.63, 3.8) is 0 Å². The number of ketones is 2. The van der Waals surface area contributed by atoms with Crippen LogP contribution in [0.2, 0.25) is 0 Å². The minimum Gasteiger partial charge on any atom is -0.465 e. The van der Waals surface area contributed by atoms with Crippen LogP contribution in [0.4, 0.5) is 0 Å². The summed E-state index contributed by atoms with van der Waals surface area (Å²) in [5, 5.41) is 0. The van der Waals surface area contributed by atoms with Crippen LogP contribution >= 0.6 is 0 Å². The summed E-state index contributed by atoms with van der Waals surface area (Å²) in [6, 6.07) is 0. The van der Waals surface area contributed by atoms with E-state index >= 15 is 0 Å². The Morgan fingerprint density at radius 3 is 2.71 bits per heavy atom. The summed E-state index contributed by atoms with van der Waals surface area (Å²) in [6.45, 7) is 8.84. The fourth-order valence-corrected chi connectivity index (χ4v) is 6.96. The number of Topliss-reactive ketones (excluding diaryl/α,β-unsaturated/α-hetero) is 1. The highest BCUT2D eigenvalue weighted by molar-refractivity contribution is 5.97. The van der Waals surface area contributed by atoms with Crippen LogP contribution in [0.5, 0.6) is 0 Å². The molecule has 0 aromatic carbocycles. The van der Waals surface area contributed by atoms with Gasteiger partial charge in [0.05, 0.1) is 12.0 Å². The Balaban J connectivity index is 1.67. The third kappa shape index (κ3) is 2.63. The number of hydrogen-bond donors (Lipinski definition) is 0. The molecule has 1 spiro atoms. The van der Waals surface area contributed by atoms with E-state index in [4.69, 9.17) is 4.74 Å². The normalized spacial score (nSPS) is 38.4. The van der Waals surface area contributed by atoms with E-state index in [0.29, 0.717) is 25.2 Å². The molecule has 0 aromatic rings. The smallest absolute Gasteiger partial charge is 0.317 e. The zero-order valence-electron chi connectivity index (χ0n) is 19.0. The van der Waals surface area contributed by atoms with Gasteiger partial charge in [-0.15, -0.1) is 0 Å². The van der Waals surface area contributed by atoms with Gasteiger partial charge in [-0.2, -0.15) is 0 Å². The average Bonchev–Trinajstić information content (AvgIpc) is 3.16. The molecule has 0 bridgehead atoms. The lowest BCUT2D eigenvalue weighted by molar-refractivity contribution is -0.147. The van der Waals surface area contributed by atoms with E-state index in [-0.39, 0.29) is 28.5 Å². The van der Waals surface area contributed by atoms with Crippen molar-refractivity contribution in [2.45, 2.75) is 66.2 Å². The van der Waals surface area contributed by atoms with Gasteiger partial charge in [-0.1, -0.05) is 50.1 Å². The molecule has 1 fully saturated rings. The molecule has 1 saturated carbocycles. The molecule has 4 heteroatoms. The Kier molecular flexibility index (Phi) is 4.42. The second-order valence-electron chi connectivity index (χ2n) is 11.0. The topological polar surface area (TPSA) is 60.4 Å². The summed E-state index contributed by atoms with van der Waals surface area (Å²) in [5.41, 5.74) is 3.45. The monoisotopic (exact) mass is 420 g/mol. The molecule has 5 aliphatic carbocycles. The Morgan fingerprint density at radius 2 is 1.97 bits per heavy atom. The van der Waals surface area contributed by atoms with Crippen molar-refractivity contribution in [3.05, 3.63) is 46.6 Å². The van der Waals surface area contributed by atoms with E-state index in [1.54, 1.807) is 6.08 Å². The van der Waals surface area contributed by atoms with Crippen molar-refractivity contribution >= 4 is 17.5 Å². The van der Waals surface area contributed by atoms with Crippen LogP contribution in [0.3, 0.4) is 0 Å². The highest BCUT2D eigenvalue weighted by atomic mass is 16.5. The van der Waals surface area contributed by atoms with Gasteiger partial charge in [-0.05, 0) is 61.2 Å². The quantitative estimate of drug-likeness (QED) is 0.473. The van der Waals surface area contributed by atoms with Crippen LogP contribution in [0.1, 0.15) is 66.2 Å². The zero-order chi connectivity index (χ0) is 22.2. The molecule has 4 atom stereocenters. The number of esters is 1. The highest BCUT2D eigenvalue weighted by Gasteiger charge is 2.65. The molecule has 1 unspecified atom stereocenters. The lowest BCUT2D eigenvalue weighted by atomic mass is 9.52. The van der Waals surface area contributed by atoms with Gasteiger partial charge in [0.2, 0.25) is 0 Å². The molecule has 0 aliphatic heterocycles. The van der Waals surface area contributed by atoms with Crippen LogP contribution in [0, 0.1) is 28.1 Å². The summed E-state index contributed by atoms with van der Waals surface area (Å²) in [6.07, 6.45) is 12.3. The van der Waals surface area contributed by atoms with Crippen LogP contribution < -0.4 is 0 Å². The molecule has 0 saturated heterocycles.